The molecule has 1 amide bonds. The van der Waals surface area contributed by atoms with Crippen LogP contribution in [0.3, 0.4) is 0 Å². The molecule has 3 aliphatic heterocycles. The summed E-state index contributed by atoms with van der Waals surface area (Å²) < 4.78 is 30.0. The van der Waals surface area contributed by atoms with E-state index >= 15 is 0 Å². The van der Waals surface area contributed by atoms with Crippen molar-refractivity contribution in [3.05, 3.63) is 23.3 Å². The molecule has 4 rings (SSSR count). The summed E-state index contributed by atoms with van der Waals surface area (Å²) in [5.74, 6) is -7.42. The van der Waals surface area contributed by atoms with Crippen molar-refractivity contribution in [1.82, 2.24) is 4.90 Å². The third-order valence-corrected chi connectivity index (χ3v) is 13.2. The molecule has 0 unspecified atom stereocenters. The van der Waals surface area contributed by atoms with Crippen LogP contribution in [0.2, 0.25) is 0 Å². The zero-order valence-corrected chi connectivity index (χ0v) is 35.8. The second-order valence-corrected chi connectivity index (χ2v) is 17.6. The zero-order chi connectivity index (χ0) is 41.5. The Bertz CT molecular complexity index is 1440. The summed E-state index contributed by atoms with van der Waals surface area (Å²) >= 11 is 6.53. The average molecular weight is 810 g/mol. The molecule has 2 saturated heterocycles. The first-order chi connectivity index (χ1) is 26.5. The second-order valence-electron chi connectivity index (χ2n) is 17.1. The van der Waals surface area contributed by atoms with Crippen LogP contribution in [0.25, 0.3) is 0 Å². The van der Waals surface area contributed by atoms with Gasteiger partial charge in [0.2, 0.25) is 5.78 Å². The molecule has 0 aromatic heterocycles. The molecule has 3 heterocycles. The first-order valence-corrected chi connectivity index (χ1v) is 21.2. The van der Waals surface area contributed by atoms with Crippen molar-refractivity contribution in [1.29, 1.82) is 0 Å². The molecule has 3 fully saturated rings. The number of hydrogen-bond acceptors (Lipinski definition) is 11. The van der Waals surface area contributed by atoms with E-state index in [0.29, 0.717) is 44.1 Å². The number of hydrogen-bond donors (Lipinski definition) is 2. The van der Waals surface area contributed by atoms with Crippen molar-refractivity contribution in [2.75, 3.05) is 27.9 Å². The molecule has 14 atom stereocenters. The third kappa shape index (κ3) is 10.9. The van der Waals surface area contributed by atoms with Crippen LogP contribution >= 0.6 is 11.6 Å². The quantitative estimate of drug-likeness (QED) is 0.146. The van der Waals surface area contributed by atoms with Gasteiger partial charge >= 0.3 is 11.8 Å². The highest BCUT2D eigenvalue weighted by Crippen LogP contribution is 2.37. The summed E-state index contributed by atoms with van der Waals surface area (Å²) in [5, 5.41) is 23.8. The molecular formula is C43H68ClNO11. The fraction of sp³-hybridized carbons (Fsp3) is 0.814. The lowest BCUT2D eigenvalue weighted by Crippen LogP contribution is -2.63. The molecule has 1 saturated carbocycles. The van der Waals surface area contributed by atoms with Crippen LogP contribution in [0.4, 0.5) is 0 Å². The fourth-order valence-corrected chi connectivity index (χ4v) is 9.69. The van der Waals surface area contributed by atoms with Crippen LogP contribution in [-0.2, 0) is 42.9 Å². The number of carbonyl (C=O) groups is 4. The van der Waals surface area contributed by atoms with Gasteiger partial charge in [0.25, 0.3) is 5.91 Å². The normalized spacial score (nSPS) is 40.6. The molecule has 12 nitrogen and oxygen atoms in total. The van der Waals surface area contributed by atoms with Crippen LogP contribution in [-0.4, -0.2) is 120 Å². The van der Waals surface area contributed by atoms with Gasteiger partial charge < -0.3 is 38.8 Å². The summed E-state index contributed by atoms with van der Waals surface area (Å²) in [6.07, 6.45) is 4.65. The Balaban J connectivity index is 1.81. The maximum atomic E-state index is 14.6. The summed E-state index contributed by atoms with van der Waals surface area (Å²) in [6.45, 7) is 11.3. The number of alkyl halides is 1. The maximum Gasteiger partial charge on any atom is 0.329 e. The monoisotopic (exact) mass is 809 g/mol. The van der Waals surface area contributed by atoms with Gasteiger partial charge in [0, 0.05) is 52.0 Å². The van der Waals surface area contributed by atoms with Gasteiger partial charge in [0.1, 0.15) is 24.0 Å². The highest BCUT2D eigenvalue weighted by atomic mass is 35.5. The number of fused-ring (bicyclic) bond motifs is 3. The first kappa shape index (κ1) is 46.5. The van der Waals surface area contributed by atoms with E-state index in [1.165, 1.54) is 19.1 Å². The van der Waals surface area contributed by atoms with E-state index in [2.05, 4.69) is 0 Å². The SMILES string of the molecule is CC[C@@H]1C=C(C)C[C@H](C)C[C@H](OC)[C@H]2O[C@@](O)(C(=O)[C@H](C)C[C@@H]2OC)C(=O)N2CCCC[C@H]2C(=O)O[C@H](/C(C)=C/[C@@H]2CC[C@H](Cl)[C@H](OC)C2)[C@H](C)[C@@H](O)CC1=O. The van der Waals surface area contributed by atoms with Crippen LogP contribution in [0, 0.1) is 29.6 Å². The highest BCUT2D eigenvalue weighted by Gasteiger charge is 2.57. The van der Waals surface area contributed by atoms with Crippen molar-refractivity contribution >= 4 is 35.0 Å². The van der Waals surface area contributed by atoms with Crippen molar-refractivity contribution < 1.29 is 53.1 Å². The minimum absolute atomic E-state index is 0.0108. The molecule has 0 spiro atoms. The molecule has 0 aromatic rings. The molecule has 2 bridgehead atoms. The number of piperidine rings is 1. The molecule has 13 heteroatoms. The minimum Gasteiger partial charge on any atom is -0.456 e. The number of ketones is 2. The number of methoxy groups -OCH3 is 3. The number of ether oxygens (including phenoxy) is 5. The Labute approximate surface area is 339 Å². The number of halogens is 1. The van der Waals surface area contributed by atoms with Gasteiger partial charge in [-0.25, -0.2) is 4.79 Å². The van der Waals surface area contributed by atoms with E-state index in [-0.39, 0.29) is 54.9 Å². The highest BCUT2D eigenvalue weighted by molar-refractivity contribution is 6.21. The van der Waals surface area contributed by atoms with Gasteiger partial charge in [-0.3, -0.25) is 14.4 Å². The predicted molar refractivity (Wildman–Crippen MR) is 212 cm³/mol. The largest absolute Gasteiger partial charge is 0.456 e. The van der Waals surface area contributed by atoms with E-state index in [4.69, 9.17) is 35.3 Å². The van der Waals surface area contributed by atoms with E-state index in [0.717, 1.165) is 18.4 Å². The van der Waals surface area contributed by atoms with Crippen molar-refractivity contribution in [3.63, 3.8) is 0 Å². The first-order valence-electron chi connectivity index (χ1n) is 20.7. The number of nitrogens with zero attached hydrogens (tertiary/aromatic N) is 1. The summed E-state index contributed by atoms with van der Waals surface area (Å²) in [6, 6.07) is -1.14. The number of amides is 1. The molecule has 318 valence electrons. The van der Waals surface area contributed by atoms with Gasteiger partial charge in [-0.05, 0) is 95.5 Å². The van der Waals surface area contributed by atoms with E-state index in [1.54, 1.807) is 21.0 Å². The molecule has 0 aromatic carbocycles. The van der Waals surface area contributed by atoms with Gasteiger partial charge in [0.15, 0.2) is 0 Å². The summed E-state index contributed by atoms with van der Waals surface area (Å²) in [4.78, 5) is 58.1. The van der Waals surface area contributed by atoms with Crippen LogP contribution in [0.1, 0.15) is 112 Å². The smallest absolute Gasteiger partial charge is 0.329 e. The second kappa shape index (κ2) is 20.7. The number of aliphatic hydroxyl groups excluding tert-OH is 1. The van der Waals surface area contributed by atoms with Crippen LogP contribution < -0.4 is 0 Å². The van der Waals surface area contributed by atoms with Gasteiger partial charge in [-0.2, -0.15) is 0 Å². The lowest BCUT2D eigenvalue weighted by Gasteiger charge is -2.41. The third-order valence-electron chi connectivity index (χ3n) is 12.7. The number of rotatable bonds is 6. The van der Waals surface area contributed by atoms with Gasteiger partial charge in [-0.15, -0.1) is 11.6 Å². The van der Waals surface area contributed by atoms with E-state index in [1.807, 2.05) is 39.8 Å². The van der Waals surface area contributed by atoms with E-state index < -0.39 is 77.8 Å². The number of Topliss-reactive ketones (excluding diaryl/α,β-unsaturated/α-hetero) is 2. The maximum absolute atomic E-state index is 14.6. The molecule has 4 aliphatic rings. The summed E-state index contributed by atoms with van der Waals surface area (Å²) in [7, 11) is 4.66. The van der Waals surface area contributed by atoms with Crippen molar-refractivity contribution in [3.8, 4) is 0 Å². The Kier molecular flexibility index (Phi) is 17.2. The standard InChI is InChI=1S/C43H68ClNO11/c1-10-30-18-24(2)17-25(3)19-36(53-8)39-37(54-9)21-27(5)40(48)43(51,56-39)42(50)45-16-12-11-13-32(45)41(49)55-38(28(6)33(46)23-34(30)47)26(4)20-29-14-15-31(44)35(22-29)52-7/h18,20,25,27-33,35-39,46,51H,10-17,19,21-23H2,1-9H3/b24-18?,26-20+/t25-,27+,28+,29-,30+,31-,32-,33-,35+,36-,37-,38+,39+,43-/m0/s1. The Hall–Kier alpha value is -2.19. The number of carbonyl (C=O) groups excluding carboxylic acids is 4. The van der Waals surface area contributed by atoms with Crippen molar-refractivity contribution in [2.24, 2.45) is 29.6 Å². The number of allylic oxidation sites excluding steroid dienone is 3. The average Bonchev–Trinajstić information content (AvgIpc) is 3.27. The Morgan fingerprint density at radius 2 is 1.62 bits per heavy atom. The number of aliphatic hydroxyl groups is 2. The fourth-order valence-electron chi connectivity index (χ4n) is 9.36. The molecule has 1 aliphatic carbocycles. The Morgan fingerprint density at radius 3 is 2.27 bits per heavy atom. The van der Waals surface area contributed by atoms with E-state index in [9.17, 15) is 29.4 Å². The number of cyclic esters (lactones) is 1. The van der Waals surface area contributed by atoms with Gasteiger partial charge in [-0.1, -0.05) is 45.4 Å². The predicted octanol–water partition coefficient (Wildman–Crippen LogP) is 5.72. The molecule has 56 heavy (non-hydrogen) atoms. The summed E-state index contributed by atoms with van der Waals surface area (Å²) in [5.41, 5.74) is 1.69. The topological polar surface area (TPSA) is 158 Å². The minimum atomic E-state index is -2.91. The lowest BCUT2D eigenvalue weighted by molar-refractivity contribution is -0.251. The number of esters is 1. The molecule has 2 N–H and O–H groups in total. The van der Waals surface area contributed by atoms with Crippen LogP contribution in [0.5, 0.6) is 0 Å². The molecular weight excluding hydrogens is 742 g/mol. The lowest BCUT2D eigenvalue weighted by atomic mass is 9.82. The van der Waals surface area contributed by atoms with Crippen molar-refractivity contribution in [2.45, 2.75) is 166 Å². The van der Waals surface area contributed by atoms with Gasteiger partial charge in [0.05, 0.1) is 29.8 Å². The zero-order valence-electron chi connectivity index (χ0n) is 35.0. The van der Waals surface area contributed by atoms with Crippen LogP contribution in [0.15, 0.2) is 23.3 Å². The Morgan fingerprint density at radius 1 is 0.964 bits per heavy atom. The molecule has 0 radical (unpaired) electrons.